The Labute approximate surface area is 132 Å². The van der Waals surface area contributed by atoms with Crippen molar-refractivity contribution in [1.29, 1.82) is 0 Å². The molecule has 0 fully saturated rings. The van der Waals surface area contributed by atoms with Crippen LogP contribution in [0.15, 0.2) is 30.3 Å². The normalized spacial score (nSPS) is 10.3. The Morgan fingerprint density at radius 1 is 1.10 bits per heavy atom. The summed E-state index contributed by atoms with van der Waals surface area (Å²) in [5, 5.41) is 15.6. The van der Waals surface area contributed by atoms with Crippen LogP contribution < -0.4 is 10.6 Å². The van der Waals surface area contributed by atoms with Gasteiger partial charge in [0.2, 0.25) is 0 Å². The molecule has 2 rings (SSSR count). The van der Waals surface area contributed by atoms with Crippen molar-refractivity contribution in [3.63, 3.8) is 0 Å². The average molecular weight is 325 g/mol. The highest BCUT2D eigenvalue weighted by atomic mass is 35.5. The first-order chi connectivity index (χ1) is 9.90. The molecule has 2 amide bonds. The van der Waals surface area contributed by atoms with Crippen LogP contribution in [0.2, 0.25) is 10.0 Å². The topological polar surface area (TPSA) is 61.4 Å². The van der Waals surface area contributed by atoms with Gasteiger partial charge in [0.25, 0.3) is 0 Å². The van der Waals surface area contributed by atoms with E-state index < -0.39 is 6.03 Å². The summed E-state index contributed by atoms with van der Waals surface area (Å²) in [7, 11) is 0. The van der Waals surface area contributed by atoms with E-state index in [4.69, 9.17) is 23.2 Å². The van der Waals surface area contributed by atoms with Gasteiger partial charge in [0, 0.05) is 10.7 Å². The lowest BCUT2D eigenvalue weighted by atomic mass is 10.2. The highest BCUT2D eigenvalue weighted by Gasteiger charge is 2.14. The summed E-state index contributed by atoms with van der Waals surface area (Å²) in [6, 6.07) is 8.32. The number of amides is 2. The van der Waals surface area contributed by atoms with Gasteiger partial charge in [0.15, 0.2) is 5.75 Å². The van der Waals surface area contributed by atoms with Crippen molar-refractivity contribution in [2.75, 3.05) is 10.6 Å². The molecule has 0 radical (unpaired) electrons. The fraction of sp³-hybridized carbons (Fsp3) is 0.133. The predicted octanol–water partition coefficient (Wildman–Crippen LogP) is 4.96. The molecule has 2 aromatic carbocycles. The summed E-state index contributed by atoms with van der Waals surface area (Å²) in [5.74, 6) is -0.210. The van der Waals surface area contributed by atoms with Crippen LogP contribution in [0.25, 0.3) is 0 Å². The number of phenolic OH excluding ortho intramolecular Hbond substituents is 1. The van der Waals surface area contributed by atoms with Crippen LogP contribution in [0.3, 0.4) is 0 Å². The minimum atomic E-state index is -0.490. The number of halogens is 2. The van der Waals surface area contributed by atoms with Gasteiger partial charge in [-0.05, 0) is 37.1 Å². The SMILES string of the molecule is Cc1ccccc1NC(=O)Nc1cc(Cl)c(C)c(Cl)c1O. The van der Waals surface area contributed by atoms with Crippen molar-refractivity contribution in [3.8, 4) is 5.75 Å². The molecule has 6 heteroatoms. The van der Waals surface area contributed by atoms with Crippen molar-refractivity contribution in [2.45, 2.75) is 13.8 Å². The van der Waals surface area contributed by atoms with E-state index in [0.29, 0.717) is 16.3 Å². The zero-order valence-electron chi connectivity index (χ0n) is 11.5. The molecule has 0 aliphatic carbocycles. The summed E-state index contributed by atoms with van der Waals surface area (Å²) in [4.78, 5) is 12.0. The molecule has 0 unspecified atom stereocenters. The van der Waals surface area contributed by atoms with E-state index in [9.17, 15) is 9.90 Å². The molecule has 0 aliphatic rings. The van der Waals surface area contributed by atoms with Crippen molar-refractivity contribution in [3.05, 3.63) is 51.5 Å². The Morgan fingerprint density at radius 2 is 1.71 bits per heavy atom. The fourth-order valence-corrected chi connectivity index (χ4v) is 2.24. The van der Waals surface area contributed by atoms with Crippen LogP contribution in [0.1, 0.15) is 11.1 Å². The number of phenols is 1. The zero-order valence-corrected chi connectivity index (χ0v) is 13.0. The fourth-order valence-electron chi connectivity index (χ4n) is 1.79. The van der Waals surface area contributed by atoms with E-state index in [-0.39, 0.29) is 16.5 Å². The van der Waals surface area contributed by atoms with Gasteiger partial charge in [-0.25, -0.2) is 4.79 Å². The molecule has 0 atom stereocenters. The molecule has 21 heavy (non-hydrogen) atoms. The molecule has 0 bridgehead atoms. The van der Waals surface area contributed by atoms with Gasteiger partial charge in [-0.1, -0.05) is 41.4 Å². The number of hydrogen-bond acceptors (Lipinski definition) is 2. The number of hydrogen-bond donors (Lipinski definition) is 3. The minimum Gasteiger partial charge on any atom is -0.504 e. The van der Waals surface area contributed by atoms with Crippen molar-refractivity contribution >= 4 is 40.6 Å². The van der Waals surface area contributed by atoms with Crippen LogP contribution in [0, 0.1) is 13.8 Å². The molecular formula is C15H14Cl2N2O2. The number of rotatable bonds is 2. The van der Waals surface area contributed by atoms with Crippen molar-refractivity contribution < 1.29 is 9.90 Å². The summed E-state index contributed by atoms with van der Waals surface area (Å²) < 4.78 is 0. The number of nitrogens with one attached hydrogen (secondary N) is 2. The number of carbonyl (C=O) groups excluding carboxylic acids is 1. The van der Waals surface area contributed by atoms with E-state index in [1.54, 1.807) is 13.0 Å². The van der Waals surface area contributed by atoms with Gasteiger partial charge in [0.05, 0.1) is 10.7 Å². The van der Waals surface area contributed by atoms with Crippen LogP contribution in [0.5, 0.6) is 5.75 Å². The highest BCUT2D eigenvalue weighted by molar-refractivity contribution is 6.37. The largest absolute Gasteiger partial charge is 0.504 e. The van der Waals surface area contributed by atoms with Crippen LogP contribution in [-0.2, 0) is 0 Å². The smallest absolute Gasteiger partial charge is 0.323 e. The lowest BCUT2D eigenvalue weighted by Gasteiger charge is -2.13. The third kappa shape index (κ3) is 3.40. The molecule has 110 valence electrons. The molecule has 0 saturated carbocycles. The van der Waals surface area contributed by atoms with Gasteiger partial charge in [-0.3, -0.25) is 0 Å². The third-order valence-electron chi connectivity index (χ3n) is 3.06. The second kappa shape index (κ2) is 6.24. The van der Waals surface area contributed by atoms with Crippen molar-refractivity contribution in [1.82, 2.24) is 0 Å². The Hall–Kier alpha value is -1.91. The Bertz CT molecular complexity index is 702. The van der Waals surface area contributed by atoms with Crippen LogP contribution >= 0.6 is 23.2 Å². The summed E-state index contributed by atoms with van der Waals surface area (Å²) >= 11 is 11.9. The molecule has 4 nitrogen and oxygen atoms in total. The molecule has 0 aromatic heterocycles. The van der Waals surface area contributed by atoms with E-state index >= 15 is 0 Å². The minimum absolute atomic E-state index is 0.119. The standard InChI is InChI=1S/C15H14Cl2N2O2/c1-8-5-3-4-6-11(8)18-15(21)19-12-7-10(16)9(2)13(17)14(12)20/h3-7,20H,1-2H3,(H2,18,19,21). The van der Waals surface area contributed by atoms with Gasteiger partial charge >= 0.3 is 6.03 Å². The monoisotopic (exact) mass is 324 g/mol. The summed E-state index contributed by atoms with van der Waals surface area (Å²) in [6.45, 7) is 3.56. The van der Waals surface area contributed by atoms with Crippen molar-refractivity contribution in [2.24, 2.45) is 0 Å². The highest BCUT2D eigenvalue weighted by Crippen LogP contribution is 2.38. The number of carbonyl (C=O) groups is 1. The number of para-hydroxylation sites is 1. The number of anilines is 2. The number of aromatic hydroxyl groups is 1. The van der Waals surface area contributed by atoms with E-state index in [2.05, 4.69) is 10.6 Å². The van der Waals surface area contributed by atoms with Crippen LogP contribution in [-0.4, -0.2) is 11.1 Å². The average Bonchev–Trinajstić information content (AvgIpc) is 2.45. The molecule has 0 spiro atoms. The van der Waals surface area contributed by atoms with Gasteiger partial charge in [0.1, 0.15) is 0 Å². The lowest BCUT2D eigenvalue weighted by Crippen LogP contribution is -2.20. The summed E-state index contributed by atoms with van der Waals surface area (Å²) in [6.07, 6.45) is 0. The maximum Gasteiger partial charge on any atom is 0.323 e. The first-order valence-corrected chi connectivity index (χ1v) is 6.97. The maximum atomic E-state index is 12.0. The second-order valence-corrected chi connectivity index (χ2v) is 5.37. The molecule has 0 saturated heterocycles. The Kier molecular flexibility index (Phi) is 4.60. The number of benzene rings is 2. The molecule has 0 heterocycles. The van der Waals surface area contributed by atoms with Gasteiger partial charge in [-0.15, -0.1) is 0 Å². The number of urea groups is 1. The predicted molar refractivity (Wildman–Crippen MR) is 86.7 cm³/mol. The van der Waals surface area contributed by atoms with Crippen LogP contribution in [0.4, 0.5) is 16.2 Å². The number of aryl methyl sites for hydroxylation is 1. The zero-order chi connectivity index (χ0) is 15.6. The Morgan fingerprint density at radius 3 is 2.38 bits per heavy atom. The summed E-state index contributed by atoms with van der Waals surface area (Å²) in [5.41, 5.74) is 2.32. The molecular weight excluding hydrogens is 311 g/mol. The first-order valence-electron chi connectivity index (χ1n) is 6.21. The second-order valence-electron chi connectivity index (χ2n) is 4.59. The first kappa shape index (κ1) is 15.5. The van der Waals surface area contributed by atoms with E-state index in [1.807, 2.05) is 25.1 Å². The van der Waals surface area contributed by atoms with Gasteiger partial charge in [-0.2, -0.15) is 0 Å². The molecule has 3 N–H and O–H groups in total. The third-order valence-corrected chi connectivity index (χ3v) is 3.92. The van der Waals surface area contributed by atoms with E-state index in [0.717, 1.165) is 5.56 Å². The Balaban J connectivity index is 2.19. The maximum absolute atomic E-state index is 12.0. The molecule has 2 aromatic rings. The molecule has 0 aliphatic heterocycles. The van der Waals surface area contributed by atoms with E-state index in [1.165, 1.54) is 6.07 Å². The quantitative estimate of drug-likeness (QED) is 0.683. The van der Waals surface area contributed by atoms with Gasteiger partial charge < -0.3 is 15.7 Å². The lowest BCUT2D eigenvalue weighted by molar-refractivity contribution is 0.262.